The third-order valence-electron chi connectivity index (χ3n) is 2.48. The van der Waals surface area contributed by atoms with Crippen LogP contribution in [-0.4, -0.2) is 9.38 Å². The number of aromatic nitrogens is 2. The van der Waals surface area contributed by atoms with Gasteiger partial charge in [0, 0.05) is 11.6 Å². The first kappa shape index (κ1) is 8.17. The molecule has 72 valence electrons. The zero-order valence-corrected chi connectivity index (χ0v) is 8.01. The van der Waals surface area contributed by atoms with Crippen LogP contribution in [0.4, 0.5) is 0 Å². The molecule has 0 aliphatic rings. The van der Waals surface area contributed by atoms with Gasteiger partial charge in [0.15, 0.2) is 5.49 Å². The first-order chi connectivity index (χ1) is 7.36. The van der Waals surface area contributed by atoms with Crippen LogP contribution in [0.5, 0.6) is 0 Å². The molecule has 0 amide bonds. The number of benzene rings is 1. The van der Waals surface area contributed by atoms with Gasteiger partial charge in [-0.1, -0.05) is 18.2 Å². The van der Waals surface area contributed by atoms with E-state index in [1.807, 2.05) is 53.1 Å². The maximum absolute atomic E-state index is 7.82. The van der Waals surface area contributed by atoms with Crippen molar-refractivity contribution in [2.45, 2.75) is 0 Å². The first-order valence-corrected chi connectivity index (χ1v) is 4.77. The number of hydrogen-bond donors (Lipinski definition) is 1. The minimum atomic E-state index is 0.330. The molecule has 0 unspecified atom stereocenters. The molecule has 0 radical (unpaired) electrons. The standard InChI is InChI=1S/C12H9N3/c13-12-9-5-1-2-6-10(9)15-8-4-3-7-11(15)14-12/h1-8,13H. The maximum atomic E-state index is 7.82. The monoisotopic (exact) mass is 195 g/mol. The van der Waals surface area contributed by atoms with Gasteiger partial charge in [0.05, 0.1) is 5.52 Å². The molecular formula is C12H9N3. The van der Waals surface area contributed by atoms with E-state index in [4.69, 9.17) is 5.41 Å². The zero-order chi connectivity index (χ0) is 10.3. The van der Waals surface area contributed by atoms with Gasteiger partial charge in [-0.25, -0.2) is 4.98 Å². The van der Waals surface area contributed by atoms with Crippen LogP contribution >= 0.6 is 0 Å². The second-order valence-corrected chi connectivity index (χ2v) is 3.41. The molecular weight excluding hydrogens is 186 g/mol. The Balaban J connectivity index is 2.70. The van der Waals surface area contributed by atoms with Gasteiger partial charge in [0.25, 0.3) is 0 Å². The smallest absolute Gasteiger partial charge is 0.156 e. The van der Waals surface area contributed by atoms with Crippen molar-refractivity contribution >= 4 is 16.6 Å². The fourth-order valence-corrected chi connectivity index (χ4v) is 1.79. The normalized spacial score (nSPS) is 10.9. The minimum Gasteiger partial charge on any atom is -0.301 e. The third kappa shape index (κ3) is 1.13. The summed E-state index contributed by atoms with van der Waals surface area (Å²) in [7, 11) is 0. The Morgan fingerprint density at radius 3 is 2.73 bits per heavy atom. The molecule has 3 aromatic rings. The SMILES string of the molecule is N=c1nc2ccccn2c2ccccc12. The van der Waals surface area contributed by atoms with Crippen LogP contribution in [0.3, 0.4) is 0 Å². The van der Waals surface area contributed by atoms with Gasteiger partial charge in [-0.15, -0.1) is 0 Å². The molecule has 3 nitrogen and oxygen atoms in total. The molecule has 2 aromatic heterocycles. The van der Waals surface area contributed by atoms with Crippen LogP contribution < -0.4 is 5.49 Å². The van der Waals surface area contributed by atoms with Crippen LogP contribution in [0.15, 0.2) is 48.7 Å². The summed E-state index contributed by atoms with van der Waals surface area (Å²) >= 11 is 0. The molecule has 3 rings (SSSR count). The summed E-state index contributed by atoms with van der Waals surface area (Å²) in [5.41, 5.74) is 2.16. The van der Waals surface area contributed by atoms with Crippen molar-refractivity contribution in [3.63, 3.8) is 0 Å². The molecule has 0 aliphatic carbocycles. The highest BCUT2D eigenvalue weighted by Crippen LogP contribution is 2.10. The van der Waals surface area contributed by atoms with Gasteiger partial charge in [0.1, 0.15) is 5.65 Å². The van der Waals surface area contributed by atoms with Crippen LogP contribution in [-0.2, 0) is 0 Å². The van der Waals surface area contributed by atoms with Crippen LogP contribution in [0.25, 0.3) is 16.6 Å². The van der Waals surface area contributed by atoms with E-state index >= 15 is 0 Å². The Kier molecular flexibility index (Phi) is 1.59. The number of para-hydroxylation sites is 1. The van der Waals surface area contributed by atoms with E-state index in [0.29, 0.717) is 5.49 Å². The van der Waals surface area contributed by atoms with Crippen molar-refractivity contribution in [1.82, 2.24) is 9.38 Å². The number of nitrogens with one attached hydrogen (secondary N) is 1. The van der Waals surface area contributed by atoms with Crippen molar-refractivity contribution in [3.8, 4) is 0 Å². The van der Waals surface area contributed by atoms with Gasteiger partial charge in [0.2, 0.25) is 0 Å². The third-order valence-corrected chi connectivity index (χ3v) is 2.48. The van der Waals surface area contributed by atoms with Gasteiger partial charge >= 0.3 is 0 Å². The number of nitrogens with zero attached hydrogens (tertiary/aromatic N) is 2. The largest absolute Gasteiger partial charge is 0.301 e. The van der Waals surface area contributed by atoms with Crippen LogP contribution in [0, 0.1) is 5.41 Å². The molecule has 2 heterocycles. The summed E-state index contributed by atoms with van der Waals surface area (Å²) in [5.74, 6) is 0. The second kappa shape index (κ2) is 2.92. The Morgan fingerprint density at radius 1 is 1.00 bits per heavy atom. The number of hydrogen-bond acceptors (Lipinski definition) is 2. The lowest BCUT2D eigenvalue weighted by atomic mass is 10.2. The average Bonchev–Trinajstić information content (AvgIpc) is 2.30. The summed E-state index contributed by atoms with van der Waals surface area (Å²) in [4.78, 5) is 4.23. The summed E-state index contributed by atoms with van der Waals surface area (Å²) in [5, 5.41) is 8.70. The minimum absolute atomic E-state index is 0.330. The predicted molar refractivity (Wildman–Crippen MR) is 58.6 cm³/mol. The van der Waals surface area contributed by atoms with Gasteiger partial charge in [-0.05, 0) is 24.3 Å². The highest BCUT2D eigenvalue weighted by atomic mass is 15.0. The Labute approximate surface area is 86.1 Å². The molecule has 1 N–H and O–H groups in total. The van der Waals surface area contributed by atoms with Crippen molar-refractivity contribution in [1.29, 1.82) is 5.41 Å². The lowest BCUT2D eigenvalue weighted by molar-refractivity contribution is 1.08. The predicted octanol–water partition coefficient (Wildman–Crippen LogP) is 1.97. The molecule has 0 aliphatic heterocycles. The van der Waals surface area contributed by atoms with E-state index in [0.717, 1.165) is 16.6 Å². The van der Waals surface area contributed by atoms with Gasteiger partial charge < -0.3 is 4.40 Å². The van der Waals surface area contributed by atoms with Crippen molar-refractivity contribution < 1.29 is 0 Å². The number of rotatable bonds is 0. The molecule has 0 atom stereocenters. The lowest BCUT2D eigenvalue weighted by Gasteiger charge is -2.04. The molecule has 0 saturated heterocycles. The van der Waals surface area contributed by atoms with Crippen molar-refractivity contribution in [2.75, 3.05) is 0 Å². The molecule has 0 fully saturated rings. The molecule has 1 aromatic carbocycles. The van der Waals surface area contributed by atoms with Crippen LogP contribution in [0.1, 0.15) is 0 Å². The van der Waals surface area contributed by atoms with E-state index in [2.05, 4.69) is 4.98 Å². The summed E-state index contributed by atoms with van der Waals surface area (Å²) in [6.45, 7) is 0. The van der Waals surface area contributed by atoms with Crippen molar-refractivity contribution in [2.24, 2.45) is 0 Å². The lowest BCUT2D eigenvalue weighted by Crippen LogP contribution is -2.10. The zero-order valence-electron chi connectivity index (χ0n) is 8.01. The van der Waals surface area contributed by atoms with Gasteiger partial charge in [-0.3, -0.25) is 5.41 Å². The fraction of sp³-hybridized carbons (Fsp3) is 0. The summed E-state index contributed by atoms with van der Waals surface area (Å²) < 4.78 is 1.99. The highest BCUT2D eigenvalue weighted by Gasteiger charge is 2.00. The van der Waals surface area contributed by atoms with E-state index in [-0.39, 0.29) is 0 Å². The maximum Gasteiger partial charge on any atom is 0.156 e. The van der Waals surface area contributed by atoms with E-state index < -0.39 is 0 Å². The number of pyridine rings is 1. The first-order valence-electron chi connectivity index (χ1n) is 4.77. The van der Waals surface area contributed by atoms with E-state index in [1.54, 1.807) is 0 Å². The average molecular weight is 195 g/mol. The second-order valence-electron chi connectivity index (χ2n) is 3.41. The molecule has 0 spiro atoms. The molecule has 0 saturated carbocycles. The van der Waals surface area contributed by atoms with Gasteiger partial charge in [-0.2, -0.15) is 0 Å². The Bertz CT molecular complexity index is 698. The topological polar surface area (TPSA) is 41.2 Å². The molecule has 3 heteroatoms. The van der Waals surface area contributed by atoms with Crippen LogP contribution in [0.2, 0.25) is 0 Å². The summed E-state index contributed by atoms with van der Waals surface area (Å²) in [6.07, 6.45) is 1.96. The highest BCUT2D eigenvalue weighted by molar-refractivity contribution is 5.79. The quantitative estimate of drug-likeness (QED) is 0.547. The Hall–Kier alpha value is -2.16. The molecule has 15 heavy (non-hydrogen) atoms. The summed E-state index contributed by atoms with van der Waals surface area (Å²) in [6, 6.07) is 13.6. The Morgan fingerprint density at radius 2 is 1.80 bits per heavy atom. The van der Waals surface area contributed by atoms with E-state index in [9.17, 15) is 0 Å². The van der Waals surface area contributed by atoms with Crippen molar-refractivity contribution in [3.05, 3.63) is 54.1 Å². The van der Waals surface area contributed by atoms with E-state index in [1.165, 1.54) is 0 Å². The fourth-order valence-electron chi connectivity index (χ4n) is 1.79. The number of fused-ring (bicyclic) bond motifs is 3. The molecule has 0 bridgehead atoms.